The zero-order valence-corrected chi connectivity index (χ0v) is 10.5. The van der Waals surface area contributed by atoms with E-state index < -0.39 is 29.2 Å². The number of hydrogen-bond acceptors (Lipinski definition) is 3. The van der Waals surface area contributed by atoms with Crippen molar-refractivity contribution in [1.82, 2.24) is 9.88 Å². The topological polar surface area (TPSA) is 28.2 Å². The first kappa shape index (κ1) is 14.0. The highest BCUT2D eigenvalue weighted by molar-refractivity contribution is 5.46. The van der Waals surface area contributed by atoms with E-state index in [1.807, 2.05) is 6.92 Å². The maximum atomic E-state index is 13.5. The number of hydrogen-bond donors (Lipinski definition) is 1. The van der Waals surface area contributed by atoms with E-state index in [1.54, 1.807) is 0 Å². The van der Waals surface area contributed by atoms with Gasteiger partial charge in [0.1, 0.15) is 5.69 Å². The first-order valence-corrected chi connectivity index (χ1v) is 6.21. The zero-order chi connectivity index (χ0) is 14.0. The summed E-state index contributed by atoms with van der Waals surface area (Å²) in [6.45, 7) is 4.30. The predicted molar refractivity (Wildman–Crippen MR) is 62.8 cm³/mol. The highest BCUT2D eigenvalue weighted by atomic mass is 19.2. The van der Waals surface area contributed by atoms with E-state index in [0.717, 1.165) is 19.5 Å². The van der Waals surface area contributed by atoms with Crippen molar-refractivity contribution in [2.45, 2.75) is 25.8 Å². The van der Waals surface area contributed by atoms with E-state index in [1.165, 1.54) is 0 Å². The van der Waals surface area contributed by atoms with Gasteiger partial charge in [-0.3, -0.25) is 0 Å². The molecule has 0 saturated carbocycles. The monoisotopic (exact) mass is 277 g/mol. The molecule has 3 nitrogen and oxygen atoms in total. The number of likely N-dealkylation sites (tertiary alicyclic amines) is 1. The van der Waals surface area contributed by atoms with Gasteiger partial charge in [0, 0.05) is 12.6 Å². The Labute approximate surface area is 108 Å². The molecule has 0 spiro atoms. The first-order valence-electron chi connectivity index (χ1n) is 6.21. The molecule has 106 valence electrons. The number of halogens is 4. The van der Waals surface area contributed by atoms with E-state index in [-0.39, 0.29) is 6.04 Å². The fourth-order valence-corrected chi connectivity index (χ4v) is 2.28. The molecule has 1 N–H and O–H groups in total. The van der Waals surface area contributed by atoms with E-state index in [2.05, 4.69) is 15.2 Å². The van der Waals surface area contributed by atoms with Crippen molar-refractivity contribution in [2.75, 3.05) is 25.0 Å². The number of likely N-dealkylation sites (N-methyl/N-ethyl adjacent to an activating group) is 1. The average molecular weight is 277 g/mol. The van der Waals surface area contributed by atoms with Crippen molar-refractivity contribution in [1.29, 1.82) is 0 Å². The molecule has 19 heavy (non-hydrogen) atoms. The lowest BCUT2D eigenvalue weighted by molar-refractivity contribution is 0.226. The molecule has 0 aromatic carbocycles. The quantitative estimate of drug-likeness (QED) is 0.680. The van der Waals surface area contributed by atoms with Crippen LogP contribution in [0.25, 0.3) is 0 Å². The van der Waals surface area contributed by atoms with Crippen LogP contribution in [0.1, 0.15) is 19.8 Å². The molecule has 1 fully saturated rings. The van der Waals surface area contributed by atoms with Crippen molar-refractivity contribution >= 4 is 5.69 Å². The highest BCUT2D eigenvalue weighted by Crippen LogP contribution is 2.24. The predicted octanol–water partition coefficient (Wildman–Crippen LogP) is 2.53. The third-order valence-electron chi connectivity index (χ3n) is 3.30. The Bertz CT molecular complexity index is 441. The number of aromatic nitrogens is 1. The molecule has 0 radical (unpaired) electrons. The number of nitrogens with zero attached hydrogens (tertiary/aromatic N) is 2. The average Bonchev–Trinajstić information content (AvgIpc) is 2.41. The summed E-state index contributed by atoms with van der Waals surface area (Å²) >= 11 is 0. The molecule has 1 aromatic rings. The lowest BCUT2D eigenvalue weighted by Gasteiger charge is -2.32. The first-order chi connectivity index (χ1) is 9.02. The van der Waals surface area contributed by atoms with Gasteiger partial charge in [-0.05, 0) is 25.9 Å². The molecular formula is C12H15F4N3. The smallest absolute Gasteiger partial charge is 0.253 e. The second kappa shape index (κ2) is 5.73. The van der Waals surface area contributed by atoms with Gasteiger partial charge in [0.25, 0.3) is 11.9 Å². The minimum absolute atomic E-state index is 0.237. The molecule has 1 aliphatic rings. The number of rotatable bonds is 3. The number of piperidine rings is 1. The summed E-state index contributed by atoms with van der Waals surface area (Å²) in [5.41, 5.74) is -0.770. The minimum Gasteiger partial charge on any atom is -0.376 e. The molecule has 0 bridgehead atoms. The van der Waals surface area contributed by atoms with Crippen LogP contribution < -0.4 is 5.32 Å². The van der Waals surface area contributed by atoms with Crippen LogP contribution in [0, 0.1) is 23.5 Å². The molecule has 1 unspecified atom stereocenters. The van der Waals surface area contributed by atoms with Gasteiger partial charge in [-0.2, -0.15) is 22.5 Å². The van der Waals surface area contributed by atoms with Gasteiger partial charge < -0.3 is 10.2 Å². The molecule has 1 aliphatic heterocycles. The van der Waals surface area contributed by atoms with Crippen LogP contribution in [-0.2, 0) is 0 Å². The highest BCUT2D eigenvalue weighted by Gasteiger charge is 2.25. The Hall–Kier alpha value is -1.37. The normalized spacial score (nSPS) is 20.6. The van der Waals surface area contributed by atoms with Gasteiger partial charge in [-0.25, -0.2) is 0 Å². The Balaban J connectivity index is 2.19. The molecule has 2 rings (SSSR count). The summed E-state index contributed by atoms with van der Waals surface area (Å²) in [7, 11) is 0. The lowest BCUT2D eigenvalue weighted by Crippen LogP contribution is -2.42. The summed E-state index contributed by atoms with van der Waals surface area (Å²) in [6.07, 6.45) is 1.56. The zero-order valence-electron chi connectivity index (χ0n) is 10.5. The molecule has 7 heteroatoms. The molecule has 1 atom stereocenters. The van der Waals surface area contributed by atoms with E-state index in [4.69, 9.17) is 0 Å². The van der Waals surface area contributed by atoms with Crippen molar-refractivity contribution in [3.8, 4) is 0 Å². The van der Waals surface area contributed by atoms with E-state index in [0.29, 0.717) is 13.0 Å². The van der Waals surface area contributed by atoms with Gasteiger partial charge in [-0.15, -0.1) is 0 Å². The maximum absolute atomic E-state index is 13.5. The molecule has 0 amide bonds. The van der Waals surface area contributed by atoms with E-state index in [9.17, 15) is 17.6 Å². The van der Waals surface area contributed by atoms with Gasteiger partial charge in [-0.1, -0.05) is 6.92 Å². The molecular weight excluding hydrogens is 262 g/mol. The fourth-order valence-electron chi connectivity index (χ4n) is 2.28. The summed E-state index contributed by atoms with van der Waals surface area (Å²) in [6, 6.07) is -0.237. The number of nitrogens with one attached hydrogen (secondary N) is 1. The van der Waals surface area contributed by atoms with Crippen molar-refractivity contribution in [3.05, 3.63) is 23.5 Å². The Morgan fingerprint density at radius 1 is 1.21 bits per heavy atom. The molecule has 1 saturated heterocycles. The van der Waals surface area contributed by atoms with Crippen LogP contribution in [0.5, 0.6) is 0 Å². The van der Waals surface area contributed by atoms with Crippen LogP contribution in [0.2, 0.25) is 0 Å². The van der Waals surface area contributed by atoms with Gasteiger partial charge >= 0.3 is 0 Å². The summed E-state index contributed by atoms with van der Waals surface area (Å²) in [4.78, 5) is 4.63. The lowest BCUT2D eigenvalue weighted by atomic mass is 10.1. The third-order valence-corrected chi connectivity index (χ3v) is 3.30. The van der Waals surface area contributed by atoms with Gasteiger partial charge in [0.2, 0.25) is 11.6 Å². The SMILES string of the molecule is CCN1CCCC(Nc2c(F)c(F)nc(F)c2F)C1. The Morgan fingerprint density at radius 2 is 1.84 bits per heavy atom. The minimum atomic E-state index is -1.63. The van der Waals surface area contributed by atoms with Crippen LogP contribution in [-0.4, -0.2) is 35.6 Å². The molecule has 2 heterocycles. The summed E-state index contributed by atoms with van der Waals surface area (Å²) in [5.74, 6) is -6.23. The summed E-state index contributed by atoms with van der Waals surface area (Å²) in [5, 5.41) is 2.55. The fraction of sp³-hybridized carbons (Fsp3) is 0.583. The van der Waals surface area contributed by atoms with Crippen molar-refractivity contribution in [2.24, 2.45) is 0 Å². The second-order valence-corrected chi connectivity index (χ2v) is 4.57. The molecule has 1 aromatic heterocycles. The van der Waals surface area contributed by atoms with Gasteiger partial charge in [0.15, 0.2) is 0 Å². The molecule has 0 aliphatic carbocycles. The van der Waals surface area contributed by atoms with Crippen LogP contribution in [0.15, 0.2) is 0 Å². The Kier molecular flexibility index (Phi) is 4.24. The number of pyridine rings is 1. The summed E-state index contributed by atoms with van der Waals surface area (Å²) < 4.78 is 52.9. The van der Waals surface area contributed by atoms with Crippen molar-refractivity contribution in [3.63, 3.8) is 0 Å². The third kappa shape index (κ3) is 2.97. The van der Waals surface area contributed by atoms with Crippen molar-refractivity contribution < 1.29 is 17.6 Å². The van der Waals surface area contributed by atoms with Crippen LogP contribution in [0.4, 0.5) is 23.2 Å². The largest absolute Gasteiger partial charge is 0.376 e. The Morgan fingerprint density at radius 3 is 2.42 bits per heavy atom. The second-order valence-electron chi connectivity index (χ2n) is 4.57. The standard InChI is InChI=1S/C12H15F4N3/c1-2-19-5-3-4-7(6-19)17-10-8(13)11(15)18-12(16)9(10)14/h7H,2-6H2,1H3,(H,17,18). The van der Waals surface area contributed by atoms with Gasteiger partial charge in [0.05, 0.1) is 0 Å². The van der Waals surface area contributed by atoms with Crippen LogP contribution >= 0.6 is 0 Å². The van der Waals surface area contributed by atoms with E-state index >= 15 is 0 Å². The number of anilines is 1. The maximum Gasteiger partial charge on any atom is 0.253 e. The van der Waals surface area contributed by atoms with Crippen LogP contribution in [0.3, 0.4) is 0 Å².